The molecule has 0 aromatic carbocycles. The summed E-state index contributed by atoms with van der Waals surface area (Å²) < 4.78 is 9.54. The van der Waals surface area contributed by atoms with Crippen LogP contribution in [0.2, 0.25) is 0 Å². The molecule has 1 aliphatic heterocycles. The molecule has 0 bridgehead atoms. The molecule has 1 saturated heterocycles. The van der Waals surface area contributed by atoms with Gasteiger partial charge in [0.05, 0.1) is 0 Å². The van der Waals surface area contributed by atoms with E-state index in [1.165, 1.54) is 6.92 Å². The lowest BCUT2D eigenvalue weighted by Crippen LogP contribution is -2.38. The summed E-state index contributed by atoms with van der Waals surface area (Å²) in [7, 11) is 0. The van der Waals surface area contributed by atoms with Crippen LogP contribution < -0.4 is 0 Å². The van der Waals surface area contributed by atoms with Crippen LogP contribution in [0.25, 0.3) is 0 Å². The van der Waals surface area contributed by atoms with Gasteiger partial charge in [-0.2, -0.15) is 0 Å². The van der Waals surface area contributed by atoms with Crippen LogP contribution in [0.15, 0.2) is 0 Å². The molecule has 1 fully saturated rings. The van der Waals surface area contributed by atoms with Crippen LogP contribution in [0, 0.1) is 0 Å². The molecular formula is C12H17NO7. The number of imide groups is 1. The van der Waals surface area contributed by atoms with E-state index >= 15 is 0 Å². The summed E-state index contributed by atoms with van der Waals surface area (Å²) in [5, 5.41) is 0.386. The summed E-state index contributed by atoms with van der Waals surface area (Å²) in [6.07, 6.45) is -2.35. The smallest absolute Gasteiger partial charge is 0.429 e. The highest BCUT2D eigenvalue weighted by atomic mass is 16.8. The number of nitrogens with zero attached hydrogens (tertiary/aromatic N) is 1. The van der Waals surface area contributed by atoms with Crippen LogP contribution in [-0.4, -0.2) is 40.7 Å². The molecule has 8 nitrogen and oxygen atoms in total. The van der Waals surface area contributed by atoms with E-state index in [9.17, 15) is 19.2 Å². The third kappa shape index (κ3) is 4.52. The number of hydroxylamine groups is 2. The number of amides is 2. The minimum Gasteiger partial charge on any atom is -0.429 e. The van der Waals surface area contributed by atoms with Gasteiger partial charge >= 0.3 is 12.1 Å². The van der Waals surface area contributed by atoms with Crippen LogP contribution in [-0.2, 0) is 28.7 Å². The number of hydrogen-bond donors (Lipinski definition) is 0. The first kappa shape index (κ1) is 15.9. The Labute approximate surface area is 115 Å². The van der Waals surface area contributed by atoms with Crippen LogP contribution >= 0.6 is 0 Å². The summed E-state index contributed by atoms with van der Waals surface area (Å²) in [5.41, 5.74) is -0.762. The molecule has 0 aromatic rings. The lowest BCUT2D eigenvalue weighted by molar-refractivity contribution is -0.203. The van der Waals surface area contributed by atoms with Crippen molar-refractivity contribution in [2.24, 2.45) is 0 Å². The van der Waals surface area contributed by atoms with Gasteiger partial charge in [-0.05, 0) is 27.7 Å². The third-order valence-electron chi connectivity index (χ3n) is 2.18. The molecule has 8 heteroatoms. The highest BCUT2D eigenvalue weighted by Crippen LogP contribution is 2.14. The lowest BCUT2D eigenvalue weighted by atomic mass is 10.2. The molecule has 1 aliphatic rings. The minimum absolute atomic E-state index is 0.00653. The average molecular weight is 287 g/mol. The second kappa shape index (κ2) is 5.89. The number of carbonyl (C=O) groups is 4. The minimum atomic E-state index is -1.30. The van der Waals surface area contributed by atoms with Crippen molar-refractivity contribution in [3.8, 4) is 0 Å². The molecule has 0 saturated carbocycles. The van der Waals surface area contributed by atoms with E-state index in [-0.39, 0.29) is 12.8 Å². The SMILES string of the molecule is CC(OC(=O)OC(C)(C)C)C(=O)ON1C(=O)CCC1=O. The van der Waals surface area contributed by atoms with Crippen molar-refractivity contribution in [3.05, 3.63) is 0 Å². The van der Waals surface area contributed by atoms with Gasteiger partial charge in [0.15, 0.2) is 0 Å². The molecule has 0 aliphatic carbocycles. The lowest BCUT2D eigenvalue weighted by Gasteiger charge is -2.21. The summed E-state index contributed by atoms with van der Waals surface area (Å²) in [6.45, 7) is 6.16. The number of hydrogen-bond acceptors (Lipinski definition) is 7. The van der Waals surface area contributed by atoms with Crippen molar-refractivity contribution in [3.63, 3.8) is 0 Å². The standard InChI is InChI=1S/C12H17NO7/c1-7(18-11(17)19-12(2,3)4)10(16)20-13-8(14)5-6-9(13)15/h7H,5-6H2,1-4H3. The van der Waals surface area contributed by atoms with Gasteiger partial charge in [0, 0.05) is 12.8 Å². The predicted octanol–water partition coefficient (Wildman–Crippen LogP) is 0.934. The largest absolute Gasteiger partial charge is 0.509 e. The quantitative estimate of drug-likeness (QED) is 0.562. The van der Waals surface area contributed by atoms with Gasteiger partial charge < -0.3 is 14.3 Å². The fourth-order valence-electron chi connectivity index (χ4n) is 1.29. The van der Waals surface area contributed by atoms with Crippen molar-refractivity contribution in [1.82, 2.24) is 5.06 Å². The highest BCUT2D eigenvalue weighted by Gasteiger charge is 2.35. The Bertz CT molecular complexity index is 422. The predicted molar refractivity (Wildman–Crippen MR) is 64.0 cm³/mol. The zero-order valence-corrected chi connectivity index (χ0v) is 11.8. The Hall–Kier alpha value is -2.12. The van der Waals surface area contributed by atoms with E-state index in [2.05, 4.69) is 9.57 Å². The molecule has 0 aromatic heterocycles. The van der Waals surface area contributed by atoms with Gasteiger partial charge in [-0.1, -0.05) is 0 Å². The van der Waals surface area contributed by atoms with Crippen molar-refractivity contribution in [2.75, 3.05) is 0 Å². The first-order valence-electron chi connectivity index (χ1n) is 6.07. The maximum absolute atomic E-state index is 11.6. The number of rotatable bonds is 3. The molecular weight excluding hydrogens is 270 g/mol. The highest BCUT2D eigenvalue weighted by molar-refractivity contribution is 6.01. The van der Waals surface area contributed by atoms with Crippen molar-refractivity contribution >= 4 is 23.9 Å². The fourth-order valence-corrected chi connectivity index (χ4v) is 1.29. The van der Waals surface area contributed by atoms with Gasteiger partial charge in [0.25, 0.3) is 11.8 Å². The first-order chi connectivity index (χ1) is 9.10. The summed E-state index contributed by atoms with van der Waals surface area (Å²) >= 11 is 0. The van der Waals surface area contributed by atoms with E-state index in [0.717, 1.165) is 0 Å². The van der Waals surface area contributed by atoms with Gasteiger partial charge in [0.1, 0.15) is 5.60 Å². The van der Waals surface area contributed by atoms with Gasteiger partial charge in [-0.3, -0.25) is 9.59 Å². The van der Waals surface area contributed by atoms with E-state index in [4.69, 9.17) is 4.74 Å². The molecule has 20 heavy (non-hydrogen) atoms. The normalized spacial score (nSPS) is 16.9. The van der Waals surface area contributed by atoms with Crippen molar-refractivity contribution in [2.45, 2.75) is 52.2 Å². The van der Waals surface area contributed by atoms with Crippen molar-refractivity contribution < 1.29 is 33.5 Å². The molecule has 0 N–H and O–H groups in total. The van der Waals surface area contributed by atoms with Crippen molar-refractivity contribution in [1.29, 1.82) is 0 Å². The summed E-state index contributed by atoms with van der Waals surface area (Å²) in [6, 6.07) is 0. The molecule has 0 radical (unpaired) electrons. The molecule has 1 heterocycles. The van der Waals surface area contributed by atoms with Crippen LogP contribution in [0.1, 0.15) is 40.5 Å². The topological polar surface area (TPSA) is 99.2 Å². The third-order valence-corrected chi connectivity index (χ3v) is 2.18. The van der Waals surface area contributed by atoms with Gasteiger partial charge in [-0.25, -0.2) is 9.59 Å². The average Bonchev–Trinajstić information content (AvgIpc) is 2.57. The zero-order chi connectivity index (χ0) is 15.5. The monoisotopic (exact) mass is 287 g/mol. The summed E-state index contributed by atoms with van der Waals surface area (Å²) in [5.74, 6) is -2.24. The Morgan fingerprint density at radius 1 is 1.15 bits per heavy atom. The molecule has 1 rings (SSSR count). The molecule has 112 valence electrons. The fraction of sp³-hybridized carbons (Fsp3) is 0.667. The van der Waals surface area contributed by atoms with E-state index < -0.39 is 35.6 Å². The van der Waals surface area contributed by atoms with E-state index in [1.807, 2.05) is 0 Å². The van der Waals surface area contributed by atoms with Crippen LogP contribution in [0.3, 0.4) is 0 Å². The number of ether oxygens (including phenoxy) is 2. The van der Waals surface area contributed by atoms with Crippen LogP contribution in [0.4, 0.5) is 4.79 Å². The molecule has 2 amide bonds. The number of carbonyl (C=O) groups excluding carboxylic acids is 4. The van der Waals surface area contributed by atoms with E-state index in [1.54, 1.807) is 20.8 Å². The van der Waals surface area contributed by atoms with Crippen LogP contribution in [0.5, 0.6) is 0 Å². The van der Waals surface area contributed by atoms with E-state index in [0.29, 0.717) is 5.06 Å². The second-order valence-corrected chi connectivity index (χ2v) is 5.22. The zero-order valence-electron chi connectivity index (χ0n) is 11.8. The maximum atomic E-state index is 11.6. The second-order valence-electron chi connectivity index (χ2n) is 5.22. The Morgan fingerprint density at radius 2 is 1.65 bits per heavy atom. The first-order valence-corrected chi connectivity index (χ1v) is 6.07. The van der Waals surface area contributed by atoms with Gasteiger partial charge in [0.2, 0.25) is 6.10 Å². The molecule has 1 unspecified atom stereocenters. The molecule has 0 spiro atoms. The molecule has 1 atom stereocenters. The Kier molecular flexibility index (Phi) is 4.69. The Balaban J connectivity index is 2.49. The van der Waals surface area contributed by atoms with Gasteiger partial charge in [-0.15, -0.1) is 5.06 Å². The Morgan fingerprint density at radius 3 is 2.10 bits per heavy atom. The maximum Gasteiger partial charge on any atom is 0.509 e. The summed E-state index contributed by atoms with van der Waals surface area (Å²) in [4.78, 5) is 50.0.